The quantitative estimate of drug-likeness (QED) is 0.772. The molecule has 3 aliphatic rings. The maximum Gasteiger partial charge on any atom is 0.272 e. The van der Waals surface area contributed by atoms with Crippen LogP contribution >= 0.6 is 11.6 Å². The van der Waals surface area contributed by atoms with Crippen LogP contribution in [0.5, 0.6) is 11.6 Å². The summed E-state index contributed by atoms with van der Waals surface area (Å²) in [6.07, 6.45) is 0.978. The summed E-state index contributed by atoms with van der Waals surface area (Å²) in [6, 6.07) is 6.86. The topological polar surface area (TPSA) is 68.6 Å². The van der Waals surface area contributed by atoms with Gasteiger partial charge in [-0.3, -0.25) is 9.69 Å². The first-order valence-corrected chi connectivity index (χ1v) is 10.8. The molecule has 1 N–H and O–H groups in total. The summed E-state index contributed by atoms with van der Waals surface area (Å²) in [4.78, 5) is 14.5. The van der Waals surface area contributed by atoms with Gasteiger partial charge >= 0.3 is 0 Å². The van der Waals surface area contributed by atoms with Gasteiger partial charge in [-0.2, -0.15) is 5.10 Å². The van der Waals surface area contributed by atoms with Crippen molar-refractivity contribution in [3.63, 3.8) is 0 Å². The molecule has 0 aliphatic carbocycles. The number of carbonyl (C=O) groups excluding carboxylic acids is 1. The Morgan fingerprint density at radius 1 is 1.32 bits per heavy atom. The molecule has 10 heteroatoms. The van der Waals surface area contributed by atoms with Crippen LogP contribution in [-0.2, 0) is 13.0 Å². The lowest BCUT2D eigenvalue weighted by Crippen LogP contribution is -2.42. The minimum atomic E-state index is -2.61. The number of hydrogen-bond acceptors (Lipinski definition) is 5. The Kier molecular flexibility index (Phi) is 5.26. The highest BCUT2D eigenvalue weighted by Crippen LogP contribution is 2.30. The number of fused-ring (bicyclic) bond motifs is 2. The molecule has 1 aromatic heterocycles. The Hall–Kier alpha value is -2.39. The summed E-state index contributed by atoms with van der Waals surface area (Å²) < 4.78 is 40.1. The lowest BCUT2D eigenvalue weighted by molar-refractivity contribution is 0.00653. The predicted octanol–water partition coefficient (Wildman–Crippen LogP) is 2.76. The van der Waals surface area contributed by atoms with Crippen molar-refractivity contribution in [2.45, 2.75) is 43.9 Å². The highest BCUT2D eigenvalue weighted by molar-refractivity contribution is 6.30. The molecular formula is C21H23ClF2N4O3. The van der Waals surface area contributed by atoms with Crippen LogP contribution in [0.25, 0.3) is 0 Å². The normalized spacial score (nSPS) is 24.6. The average molecular weight is 453 g/mol. The van der Waals surface area contributed by atoms with Gasteiger partial charge in [0.05, 0.1) is 12.6 Å². The zero-order valence-electron chi connectivity index (χ0n) is 16.8. The van der Waals surface area contributed by atoms with Gasteiger partial charge in [-0.15, -0.1) is 0 Å². The Morgan fingerprint density at radius 3 is 3.00 bits per heavy atom. The molecule has 31 heavy (non-hydrogen) atoms. The zero-order valence-corrected chi connectivity index (χ0v) is 17.6. The summed E-state index contributed by atoms with van der Waals surface area (Å²) in [5.41, 5.74) is 1.21. The highest BCUT2D eigenvalue weighted by atomic mass is 35.5. The number of halogens is 3. The number of likely N-dealkylation sites (tertiary alicyclic amines) is 1. The number of carbonyl (C=O) groups is 1. The molecule has 1 amide bonds. The van der Waals surface area contributed by atoms with Gasteiger partial charge in [0.2, 0.25) is 5.88 Å². The lowest BCUT2D eigenvalue weighted by atomic mass is 10.0. The molecule has 2 atom stereocenters. The lowest BCUT2D eigenvalue weighted by Gasteiger charge is -2.28. The van der Waals surface area contributed by atoms with Crippen molar-refractivity contribution in [3.05, 3.63) is 40.5 Å². The summed E-state index contributed by atoms with van der Waals surface area (Å²) in [5.74, 6) is -1.65. The van der Waals surface area contributed by atoms with E-state index in [0.717, 1.165) is 11.3 Å². The molecule has 5 rings (SSSR count). The van der Waals surface area contributed by atoms with E-state index in [4.69, 9.17) is 21.1 Å². The van der Waals surface area contributed by atoms with Crippen LogP contribution < -0.4 is 14.8 Å². The Balaban J connectivity index is 1.19. The molecule has 0 saturated carbocycles. The average Bonchev–Trinajstić information content (AvgIpc) is 3.30. The Labute approximate surface area is 183 Å². The van der Waals surface area contributed by atoms with Crippen LogP contribution in [0.2, 0.25) is 5.02 Å². The van der Waals surface area contributed by atoms with Crippen LogP contribution in [0.15, 0.2) is 24.3 Å². The van der Waals surface area contributed by atoms with Crippen LogP contribution in [0.3, 0.4) is 0 Å². The number of nitrogens with one attached hydrogen (secondary N) is 1. The molecule has 0 unspecified atom stereocenters. The predicted molar refractivity (Wildman–Crippen MR) is 109 cm³/mol. The number of aryl methyl sites for hydroxylation is 1. The second-order valence-electron chi connectivity index (χ2n) is 8.40. The summed E-state index contributed by atoms with van der Waals surface area (Å²) in [5, 5.41) is 7.93. The number of nitrogens with zero attached hydrogens (tertiary/aromatic N) is 3. The molecule has 4 heterocycles. The van der Waals surface area contributed by atoms with Gasteiger partial charge in [-0.05, 0) is 30.2 Å². The SMILES string of the molecule is O=C(N[C@H]1COc2ccc(Cl)cc2C1)c1cc2n(n1)CC[C@H](CN1CCC(F)(F)C1)O2. The number of amides is 1. The van der Waals surface area contributed by atoms with Gasteiger partial charge in [-0.1, -0.05) is 11.6 Å². The van der Waals surface area contributed by atoms with E-state index >= 15 is 0 Å². The van der Waals surface area contributed by atoms with Crippen molar-refractivity contribution >= 4 is 17.5 Å². The van der Waals surface area contributed by atoms with Crippen molar-refractivity contribution in [3.8, 4) is 11.6 Å². The number of alkyl halides is 2. The van der Waals surface area contributed by atoms with E-state index in [2.05, 4.69) is 10.4 Å². The third-order valence-corrected chi connectivity index (χ3v) is 6.14. The Morgan fingerprint density at radius 2 is 2.19 bits per heavy atom. The van der Waals surface area contributed by atoms with Gasteiger partial charge in [0.15, 0.2) is 5.69 Å². The van der Waals surface area contributed by atoms with E-state index < -0.39 is 5.92 Å². The Bertz CT molecular complexity index is 999. The molecule has 2 aromatic rings. The second kappa shape index (κ2) is 7.94. The second-order valence-corrected chi connectivity index (χ2v) is 8.83. The molecule has 7 nitrogen and oxygen atoms in total. The molecule has 1 saturated heterocycles. The molecule has 1 aromatic carbocycles. The number of ether oxygens (including phenoxy) is 2. The molecule has 3 aliphatic heterocycles. The zero-order chi connectivity index (χ0) is 21.6. The van der Waals surface area contributed by atoms with E-state index in [0.29, 0.717) is 50.0 Å². The van der Waals surface area contributed by atoms with Crippen molar-refractivity contribution in [1.82, 2.24) is 20.0 Å². The monoisotopic (exact) mass is 452 g/mol. The first-order chi connectivity index (χ1) is 14.8. The molecule has 1 fully saturated rings. The fourth-order valence-electron chi connectivity index (χ4n) is 4.36. The minimum absolute atomic E-state index is 0.108. The van der Waals surface area contributed by atoms with Crippen molar-refractivity contribution in [2.75, 3.05) is 26.2 Å². The van der Waals surface area contributed by atoms with E-state index in [1.54, 1.807) is 21.7 Å². The molecule has 0 spiro atoms. The maximum atomic E-state index is 13.4. The van der Waals surface area contributed by atoms with Crippen molar-refractivity contribution in [2.24, 2.45) is 0 Å². The fourth-order valence-corrected chi connectivity index (χ4v) is 4.55. The van der Waals surface area contributed by atoms with Crippen molar-refractivity contribution in [1.29, 1.82) is 0 Å². The van der Waals surface area contributed by atoms with E-state index in [-0.39, 0.29) is 36.7 Å². The van der Waals surface area contributed by atoms with E-state index in [1.807, 2.05) is 12.1 Å². The van der Waals surface area contributed by atoms with Crippen molar-refractivity contribution < 1.29 is 23.0 Å². The third-order valence-electron chi connectivity index (χ3n) is 5.90. The van der Waals surface area contributed by atoms with E-state index in [1.165, 1.54) is 0 Å². The first-order valence-electron chi connectivity index (χ1n) is 10.4. The number of rotatable bonds is 4. The molecule has 0 bridgehead atoms. The van der Waals surface area contributed by atoms with Gasteiger partial charge in [0, 0.05) is 43.6 Å². The summed E-state index contributed by atoms with van der Waals surface area (Å²) >= 11 is 6.05. The van der Waals surface area contributed by atoms with Gasteiger partial charge in [0.1, 0.15) is 18.5 Å². The third kappa shape index (κ3) is 4.48. The first kappa shape index (κ1) is 20.5. The fraction of sp³-hybridized carbons (Fsp3) is 0.524. The van der Waals surface area contributed by atoms with Gasteiger partial charge in [-0.25, -0.2) is 13.5 Å². The van der Waals surface area contributed by atoms with Gasteiger partial charge in [0.25, 0.3) is 11.8 Å². The number of hydrogen-bond donors (Lipinski definition) is 1. The largest absolute Gasteiger partial charge is 0.491 e. The molecular weight excluding hydrogens is 430 g/mol. The molecule has 166 valence electrons. The summed E-state index contributed by atoms with van der Waals surface area (Å²) in [7, 11) is 0. The van der Waals surface area contributed by atoms with Crippen LogP contribution in [0.1, 0.15) is 28.9 Å². The van der Waals surface area contributed by atoms with E-state index in [9.17, 15) is 13.6 Å². The minimum Gasteiger partial charge on any atom is -0.491 e. The van der Waals surface area contributed by atoms with Gasteiger partial charge < -0.3 is 14.8 Å². The van der Waals surface area contributed by atoms with Crippen LogP contribution in [0.4, 0.5) is 8.78 Å². The highest BCUT2D eigenvalue weighted by Gasteiger charge is 2.39. The standard InChI is InChI=1S/C21H23ClF2N4O3/c22-14-1-2-18-13(7-14)8-15(11-30-18)25-20(29)17-9-19-28(26-17)5-3-16(31-19)10-27-6-4-21(23,24)12-27/h1-2,7,9,15-16H,3-6,8,10-12H2,(H,25,29)/t15-,16-/m1/s1. The maximum absolute atomic E-state index is 13.4. The number of aromatic nitrogens is 2. The van der Waals surface area contributed by atoms with Crippen LogP contribution in [-0.4, -0.2) is 64.9 Å². The van der Waals surface area contributed by atoms with Crippen LogP contribution in [0, 0.1) is 0 Å². The smallest absolute Gasteiger partial charge is 0.272 e. The summed E-state index contributed by atoms with van der Waals surface area (Å²) in [6.45, 7) is 1.54. The number of benzene rings is 1. The molecule has 0 radical (unpaired) electrons.